The smallest absolute Gasteiger partial charge is 0.317 e. The molecule has 0 saturated carbocycles. The van der Waals surface area contributed by atoms with Crippen LogP contribution >= 0.6 is 11.6 Å². The van der Waals surface area contributed by atoms with Gasteiger partial charge < -0.3 is 14.3 Å². The molecule has 8 heteroatoms. The molecule has 1 aliphatic rings. The van der Waals surface area contributed by atoms with Crippen molar-refractivity contribution in [3.8, 4) is 11.3 Å². The van der Waals surface area contributed by atoms with Crippen LogP contribution < -0.4 is 0 Å². The Bertz CT molecular complexity index is 752. The molecule has 1 N–H and O–H groups in total. The van der Waals surface area contributed by atoms with Crippen LogP contribution in [0.3, 0.4) is 0 Å². The van der Waals surface area contributed by atoms with Crippen molar-refractivity contribution < 1.29 is 19.1 Å². The molecule has 1 saturated heterocycles. The van der Waals surface area contributed by atoms with Crippen LogP contribution in [0.5, 0.6) is 0 Å². The molecule has 1 fully saturated rings. The van der Waals surface area contributed by atoms with Crippen molar-refractivity contribution in [2.45, 2.75) is 12.6 Å². The number of nitrogens with zero attached hydrogens (tertiary/aromatic N) is 3. The largest absolute Gasteiger partial charge is 0.480 e. The van der Waals surface area contributed by atoms with Gasteiger partial charge in [0.05, 0.1) is 32.0 Å². The number of aromatic nitrogens is 1. The Balaban J connectivity index is 1.56. The van der Waals surface area contributed by atoms with Gasteiger partial charge in [-0.15, -0.1) is 0 Å². The zero-order valence-electron chi connectivity index (χ0n) is 14.6. The minimum Gasteiger partial charge on any atom is -0.480 e. The first-order valence-electron chi connectivity index (χ1n) is 8.44. The number of carbonyl (C=O) groups is 1. The average Bonchev–Trinajstić information content (AvgIpc) is 3.03. The highest BCUT2D eigenvalue weighted by atomic mass is 35.5. The minimum absolute atomic E-state index is 0.00257. The summed E-state index contributed by atoms with van der Waals surface area (Å²) in [6, 6.07) is 7.46. The summed E-state index contributed by atoms with van der Waals surface area (Å²) in [4.78, 5) is 19.1. The third kappa shape index (κ3) is 5.28. The molecule has 2 aromatic rings. The number of ether oxygens (including phenoxy) is 1. The van der Waals surface area contributed by atoms with Crippen LogP contribution in [0.15, 0.2) is 34.9 Å². The van der Waals surface area contributed by atoms with Gasteiger partial charge >= 0.3 is 5.97 Å². The number of oxazole rings is 1. The first-order valence-corrected chi connectivity index (χ1v) is 8.82. The number of aliphatic carboxylic acids is 1. The Morgan fingerprint density at radius 1 is 1.50 bits per heavy atom. The van der Waals surface area contributed by atoms with Gasteiger partial charge in [0.2, 0.25) is 5.89 Å². The van der Waals surface area contributed by atoms with Crippen molar-refractivity contribution in [3.05, 3.63) is 41.4 Å². The van der Waals surface area contributed by atoms with Crippen LogP contribution in [-0.2, 0) is 16.1 Å². The van der Waals surface area contributed by atoms with E-state index in [0.29, 0.717) is 42.9 Å². The molecular formula is C18H22ClN3O4. The average molecular weight is 380 g/mol. The monoisotopic (exact) mass is 379 g/mol. The quantitative estimate of drug-likeness (QED) is 0.790. The molecule has 0 amide bonds. The Labute approximate surface area is 157 Å². The summed E-state index contributed by atoms with van der Waals surface area (Å²) in [7, 11) is 1.78. The molecular weight excluding hydrogens is 358 g/mol. The number of hydrogen-bond donors (Lipinski definition) is 1. The molecule has 140 valence electrons. The normalized spacial score (nSPS) is 18.3. The first kappa shape index (κ1) is 18.8. The van der Waals surface area contributed by atoms with E-state index in [9.17, 15) is 4.79 Å². The van der Waals surface area contributed by atoms with Crippen LogP contribution in [0, 0.1) is 0 Å². The molecule has 0 bridgehead atoms. The molecule has 0 aliphatic carbocycles. The third-order valence-electron chi connectivity index (χ3n) is 4.16. The van der Waals surface area contributed by atoms with Crippen molar-refractivity contribution in [3.63, 3.8) is 0 Å². The molecule has 0 radical (unpaired) electrons. The Morgan fingerprint density at radius 2 is 2.35 bits per heavy atom. The van der Waals surface area contributed by atoms with Crippen molar-refractivity contribution in [2.24, 2.45) is 0 Å². The summed E-state index contributed by atoms with van der Waals surface area (Å²) in [5, 5.41) is 9.51. The van der Waals surface area contributed by atoms with E-state index in [1.807, 2.05) is 24.3 Å². The second kappa shape index (κ2) is 8.64. The highest BCUT2D eigenvalue weighted by Gasteiger charge is 2.23. The summed E-state index contributed by atoms with van der Waals surface area (Å²) in [6.45, 7) is 3.26. The zero-order chi connectivity index (χ0) is 18.5. The molecule has 2 heterocycles. The lowest BCUT2D eigenvalue weighted by Gasteiger charge is -2.33. The van der Waals surface area contributed by atoms with E-state index in [0.717, 1.165) is 12.1 Å². The fourth-order valence-electron chi connectivity index (χ4n) is 3.03. The fourth-order valence-corrected chi connectivity index (χ4v) is 3.22. The van der Waals surface area contributed by atoms with Gasteiger partial charge in [-0.05, 0) is 19.2 Å². The lowest BCUT2D eigenvalue weighted by Crippen LogP contribution is -2.47. The zero-order valence-corrected chi connectivity index (χ0v) is 15.4. The number of benzene rings is 1. The Morgan fingerprint density at radius 3 is 3.12 bits per heavy atom. The van der Waals surface area contributed by atoms with Gasteiger partial charge in [-0.1, -0.05) is 23.7 Å². The number of halogens is 1. The molecule has 7 nitrogen and oxygen atoms in total. The lowest BCUT2D eigenvalue weighted by atomic mass is 10.2. The van der Waals surface area contributed by atoms with E-state index >= 15 is 0 Å². The van der Waals surface area contributed by atoms with Gasteiger partial charge in [0, 0.05) is 30.2 Å². The maximum Gasteiger partial charge on any atom is 0.317 e. The summed E-state index contributed by atoms with van der Waals surface area (Å²) in [5.41, 5.74) is 0.895. The van der Waals surface area contributed by atoms with Crippen LogP contribution in [0.25, 0.3) is 11.3 Å². The van der Waals surface area contributed by atoms with Crippen molar-refractivity contribution in [1.82, 2.24) is 14.8 Å². The second-order valence-corrected chi connectivity index (χ2v) is 6.88. The van der Waals surface area contributed by atoms with Gasteiger partial charge in [0.15, 0.2) is 5.76 Å². The SMILES string of the molecule is CN(CC(=O)O)CC1CN(Cc2ncc(-c3cccc(Cl)c3)o2)CCO1. The maximum atomic E-state index is 10.8. The van der Waals surface area contributed by atoms with Crippen LogP contribution in [0.2, 0.25) is 5.02 Å². The van der Waals surface area contributed by atoms with Gasteiger partial charge in [-0.2, -0.15) is 0 Å². The molecule has 0 spiro atoms. The van der Waals surface area contributed by atoms with Gasteiger partial charge in [0.25, 0.3) is 0 Å². The minimum atomic E-state index is -0.839. The summed E-state index contributed by atoms with van der Waals surface area (Å²) >= 11 is 6.02. The molecule has 1 unspecified atom stereocenters. The Kier molecular flexibility index (Phi) is 6.26. The first-order chi connectivity index (χ1) is 12.5. The van der Waals surface area contributed by atoms with E-state index in [2.05, 4.69) is 9.88 Å². The second-order valence-electron chi connectivity index (χ2n) is 6.45. The number of carboxylic acids is 1. The number of likely N-dealkylation sites (N-methyl/N-ethyl adjacent to an activating group) is 1. The van der Waals surface area contributed by atoms with Crippen molar-refractivity contribution in [1.29, 1.82) is 0 Å². The van der Waals surface area contributed by atoms with E-state index in [1.54, 1.807) is 18.1 Å². The Hall–Kier alpha value is -1.93. The topological polar surface area (TPSA) is 79.0 Å². The third-order valence-corrected chi connectivity index (χ3v) is 4.40. The molecule has 1 aromatic heterocycles. The van der Waals surface area contributed by atoms with Crippen LogP contribution in [0.1, 0.15) is 5.89 Å². The van der Waals surface area contributed by atoms with Crippen molar-refractivity contribution in [2.75, 3.05) is 39.8 Å². The van der Waals surface area contributed by atoms with E-state index in [1.165, 1.54) is 0 Å². The van der Waals surface area contributed by atoms with E-state index in [-0.39, 0.29) is 12.6 Å². The highest BCUT2D eigenvalue weighted by Crippen LogP contribution is 2.24. The predicted molar refractivity (Wildman–Crippen MR) is 97.1 cm³/mol. The standard InChI is InChI=1S/C18H22ClN3O4/c1-21(12-18(23)24)9-15-10-22(5-6-25-15)11-17-20-8-16(26-17)13-3-2-4-14(19)7-13/h2-4,7-8,15H,5-6,9-12H2,1H3,(H,23,24). The predicted octanol–water partition coefficient (Wildman–Crippen LogP) is 2.21. The lowest BCUT2D eigenvalue weighted by molar-refractivity contribution is -0.138. The molecule has 1 aliphatic heterocycles. The maximum absolute atomic E-state index is 10.8. The summed E-state index contributed by atoms with van der Waals surface area (Å²) in [6.07, 6.45) is 1.68. The summed E-state index contributed by atoms with van der Waals surface area (Å²) in [5.74, 6) is 0.488. The van der Waals surface area contributed by atoms with E-state index in [4.69, 9.17) is 25.9 Å². The number of rotatable bonds is 7. The fraction of sp³-hybridized carbons (Fsp3) is 0.444. The molecule has 3 rings (SSSR count). The molecule has 1 atom stereocenters. The van der Waals surface area contributed by atoms with Crippen LogP contribution in [-0.4, -0.2) is 71.8 Å². The number of hydrogen-bond acceptors (Lipinski definition) is 6. The summed E-state index contributed by atoms with van der Waals surface area (Å²) < 4.78 is 11.6. The van der Waals surface area contributed by atoms with Gasteiger partial charge in [-0.25, -0.2) is 4.98 Å². The number of carboxylic acid groups (broad SMARTS) is 1. The van der Waals surface area contributed by atoms with E-state index < -0.39 is 5.97 Å². The number of morpholine rings is 1. The molecule has 1 aromatic carbocycles. The van der Waals surface area contributed by atoms with Gasteiger partial charge in [0.1, 0.15) is 0 Å². The van der Waals surface area contributed by atoms with Crippen molar-refractivity contribution >= 4 is 17.6 Å². The molecule has 26 heavy (non-hydrogen) atoms. The van der Waals surface area contributed by atoms with Crippen LogP contribution in [0.4, 0.5) is 0 Å². The van der Waals surface area contributed by atoms with Gasteiger partial charge in [-0.3, -0.25) is 14.6 Å². The highest BCUT2D eigenvalue weighted by molar-refractivity contribution is 6.30.